The third-order valence-corrected chi connectivity index (χ3v) is 4.16. The van der Waals surface area contributed by atoms with Gasteiger partial charge in [-0.15, -0.1) is 0 Å². The summed E-state index contributed by atoms with van der Waals surface area (Å²) in [4.78, 5) is 2.18. The molecular formula is C14H19BrFNO. The monoisotopic (exact) mass is 315 g/mol. The quantitative estimate of drug-likeness (QED) is 0.872. The van der Waals surface area contributed by atoms with Crippen molar-refractivity contribution in [2.75, 3.05) is 26.7 Å². The maximum atomic E-state index is 13.6. The molecule has 0 bridgehead atoms. The molecule has 100 valence electrons. The summed E-state index contributed by atoms with van der Waals surface area (Å²) in [5.41, 5.74) is 0.870. The molecule has 0 unspecified atom stereocenters. The molecule has 0 aromatic heterocycles. The van der Waals surface area contributed by atoms with E-state index in [1.165, 1.54) is 6.07 Å². The minimum atomic E-state index is -0.144. The second-order valence-corrected chi connectivity index (χ2v) is 6.30. The Morgan fingerprint density at radius 1 is 1.44 bits per heavy atom. The van der Waals surface area contributed by atoms with Gasteiger partial charge in [-0.1, -0.05) is 15.9 Å². The molecule has 0 amide bonds. The normalized spacial score (nSPS) is 17.2. The maximum Gasteiger partial charge on any atom is 0.126 e. The van der Waals surface area contributed by atoms with E-state index in [0.29, 0.717) is 6.42 Å². The Labute approximate surface area is 116 Å². The second-order valence-electron chi connectivity index (χ2n) is 5.38. The molecule has 1 saturated carbocycles. The summed E-state index contributed by atoms with van der Waals surface area (Å²) in [6, 6.07) is 5.05. The first-order valence-electron chi connectivity index (χ1n) is 6.28. The Bertz CT molecular complexity index is 420. The molecule has 0 spiro atoms. The van der Waals surface area contributed by atoms with Crippen LogP contribution >= 0.6 is 15.9 Å². The van der Waals surface area contributed by atoms with Crippen LogP contribution in [0.5, 0.6) is 0 Å². The molecule has 2 rings (SSSR count). The van der Waals surface area contributed by atoms with E-state index in [-0.39, 0.29) is 17.8 Å². The van der Waals surface area contributed by atoms with Gasteiger partial charge in [-0.25, -0.2) is 4.39 Å². The molecule has 0 radical (unpaired) electrons. The highest BCUT2D eigenvalue weighted by Gasteiger charge is 2.42. The Hall–Kier alpha value is -0.450. The number of benzene rings is 1. The second kappa shape index (κ2) is 5.68. The molecule has 0 heterocycles. The topological polar surface area (TPSA) is 23.5 Å². The maximum absolute atomic E-state index is 13.6. The van der Waals surface area contributed by atoms with E-state index in [4.69, 9.17) is 0 Å². The zero-order valence-corrected chi connectivity index (χ0v) is 12.2. The number of halogens is 2. The van der Waals surface area contributed by atoms with Crippen LogP contribution in [0.4, 0.5) is 4.39 Å². The largest absolute Gasteiger partial charge is 0.396 e. The van der Waals surface area contributed by atoms with Crippen LogP contribution in [0.1, 0.15) is 18.4 Å². The fourth-order valence-electron chi connectivity index (χ4n) is 2.24. The third kappa shape index (κ3) is 3.53. The van der Waals surface area contributed by atoms with Crippen LogP contribution in [-0.4, -0.2) is 36.8 Å². The summed E-state index contributed by atoms with van der Waals surface area (Å²) in [7, 11) is 2.03. The van der Waals surface area contributed by atoms with Crippen LogP contribution in [0.15, 0.2) is 22.7 Å². The molecule has 1 aliphatic rings. The molecule has 0 atom stereocenters. The van der Waals surface area contributed by atoms with Crippen LogP contribution in [-0.2, 0) is 6.42 Å². The van der Waals surface area contributed by atoms with Crippen LogP contribution in [0.3, 0.4) is 0 Å². The van der Waals surface area contributed by atoms with E-state index in [0.717, 1.165) is 36.0 Å². The van der Waals surface area contributed by atoms with Crippen molar-refractivity contribution < 1.29 is 9.50 Å². The lowest BCUT2D eigenvalue weighted by Gasteiger charge is -2.22. The van der Waals surface area contributed by atoms with Crippen molar-refractivity contribution in [3.8, 4) is 0 Å². The number of likely N-dealkylation sites (N-methyl/N-ethyl adjacent to an activating group) is 1. The highest BCUT2D eigenvalue weighted by Crippen LogP contribution is 2.45. The van der Waals surface area contributed by atoms with E-state index in [1.54, 1.807) is 6.07 Å². The molecule has 0 aliphatic heterocycles. The summed E-state index contributed by atoms with van der Waals surface area (Å²) in [5, 5.41) is 9.28. The van der Waals surface area contributed by atoms with Crippen molar-refractivity contribution in [2.24, 2.45) is 5.41 Å². The smallest absolute Gasteiger partial charge is 0.126 e. The predicted octanol–water partition coefficient (Wildman–Crippen LogP) is 2.84. The first-order chi connectivity index (χ1) is 8.54. The molecule has 4 heteroatoms. The highest BCUT2D eigenvalue weighted by atomic mass is 79.9. The van der Waals surface area contributed by atoms with Crippen molar-refractivity contribution in [3.05, 3.63) is 34.1 Å². The van der Waals surface area contributed by atoms with Crippen molar-refractivity contribution in [1.29, 1.82) is 0 Å². The molecule has 1 aromatic rings. The fraction of sp³-hybridized carbons (Fsp3) is 0.571. The van der Waals surface area contributed by atoms with Gasteiger partial charge in [0.25, 0.3) is 0 Å². The molecular weight excluding hydrogens is 297 g/mol. The van der Waals surface area contributed by atoms with Gasteiger partial charge >= 0.3 is 0 Å². The number of rotatable bonds is 6. The Morgan fingerprint density at radius 2 is 2.17 bits per heavy atom. The lowest BCUT2D eigenvalue weighted by atomic mass is 10.1. The van der Waals surface area contributed by atoms with Crippen LogP contribution in [0.2, 0.25) is 0 Å². The van der Waals surface area contributed by atoms with Gasteiger partial charge in [0.2, 0.25) is 0 Å². The van der Waals surface area contributed by atoms with Gasteiger partial charge in [0.15, 0.2) is 0 Å². The standard InChI is InChI=1S/C14H19BrFNO/c1-17(9-14(10-18)5-6-14)7-4-11-8-12(15)2-3-13(11)16/h2-3,8,18H,4-7,9-10H2,1H3. The first-order valence-corrected chi connectivity index (χ1v) is 7.07. The minimum absolute atomic E-state index is 0.130. The molecule has 18 heavy (non-hydrogen) atoms. The van der Waals surface area contributed by atoms with E-state index < -0.39 is 0 Å². The molecule has 1 fully saturated rings. The number of aliphatic hydroxyl groups is 1. The van der Waals surface area contributed by atoms with Gasteiger partial charge in [0, 0.05) is 29.6 Å². The van der Waals surface area contributed by atoms with Crippen molar-refractivity contribution in [3.63, 3.8) is 0 Å². The lowest BCUT2D eigenvalue weighted by Crippen LogP contribution is -2.30. The molecule has 1 aromatic carbocycles. The average Bonchev–Trinajstić information content (AvgIpc) is 3.11. The highest BCUT2D eigenvalue weighted by molar-refractivity contribution is 9.10. The van der Waals surface area contributed by atoms with E-state index >= 15 is 0 Å². The SMILES string of the molecule is CN(CCc1cc(Br)ccc1F)CC1(CO)CC1. The van der Waals surface area contributed by atoms with E-state index in [1.807, 2.05) is 13.1 Å². The predicted molar refractivity (Wildman–Crippen MR) is 74.1 cm³/mol. The zero-order chi connectivity index (χ0) is 13.2. The van der Waals surface area contributed by atoms with Gasteiger partial charge < -0.3 is 10.0 Å². The zero-order valence-electron chi connectivity index (χ0n) is 10.6. The summed E-state index contributed by atoms with van der Waals surface area (Å²) in [6.07, 6.45) is 2.92. The minimum Gasteiger partial charge on any atom is -0.396 e. The number of aliphatic hydroxyl groups excluding tert-OH is 1. The van der Waals surface area contributed by atoms with Crippen LogP contribution in [0.25, 0.3) is 0 Å². The summed E-state index contributed by atoms with van der Waals surface area (Å²) >= 11 is 3.36. The van der Waals surface area contributed by atoms with Crippen molar-refractivity contribution in [1.82, 2.24) is 4.90 Å². The molecule has 2 nitrogen and oxygen atoms in total. The third-order valence-electron chi connectivity index (χ3n) is 3.67. The summed E-state index contributed by atoms with van der Waals surface area (Å²) < 4.78 is 14.5. The van der Waals surface area contributed by atoms with Crippen molar-refractivity contribution >= 4 is 15.9 Å². The van der Waals surface area contributed by atoms with Crippen molar-refractivity contribution in [2.45, 2.75) is 19.3 Å². The molecule has 1 N–H and O–H groups in total. The number of hydrogen-bond acceptors (Lipinski definition) is 2. The van der Waals surface area contributed by atoms with Gasteiger partial charge in [-0.3, -0.25) is 0 Å². The molecule has 1 aliphatic carbocycles. The van der Waals surface area contributed by atoms with Gasteiger partial charge in [0.05, 0.1) is 0 Å². The lowest BCUT2D eigenvalue weighted by molar-refractivity contribution is 0.164. The Morgan fingerprint density at radius 3 is 2.78 bits per heavy atom. The number of nitrogens with zero attached hydrogens (tertiary/aromatic N) is 1. The van der Waals surface area contributed by atoms with Gasteiger partial charge in [0.1, 0.15) is 5.82 Å². The average molecular weight is 316 g/mol. The van der Waals surface area contributed by atoms with E-state index in [2.05, 4.69) is 20.8 Å². The first kappa shape index (κ1) is 14.0. The fourth-order valence-corrected chi connectivity index (χ4v) is 2.65. The number of hydrogen-bond donors (Lipinski definition) is 1. The van der Waals surface area contributed by atoms with E-state index in [9.17, 15) is 9.50 Å². The summed E-state index contributed by atoms with van der Waals surface area (Å²) in [5.74, 6) is -0.144. The van der Waals surface area contributed by atoms with Crippen LogP contribution < -0.4 is 0 Å². The van der Waals surface area contributed by atoms with Gasteiger partial charge in [-0.2, -0.15) is 0 Å². The Kier molecular flexibility index (Phi) is 4.41. The molecule has 0 saturated heterocycles. The Balaban J connectivity index is 1.85. The summed E-state index contributed by atoms with van der Waals surface area (Å²) in [6.45, 7) is 1.98. The van der Waals surface area contributed by atoms with Gasteiger partial charge in [-0.05, 0) is 50.1 Å². The van der Waals surface area contributed by atoms with Crippen LogP contribution in [0, 0.1) is 11.2 Å².